The molecule has 2 amide bonds. The first-order valence-electron chi connectivity index (χ1n) is 9.32. The van der Waals surface area contributed by atoms with Crippen molar-refractivity contribution in [2.75, 3.05) is 19.8 Å². The Balaban J connectivity index is 2.01. The fourth-order valence-electron chi connectivity index (χ4n) is 3.86. The second-order valence-corrected chi connectivity index (χ2v) is 11.7. The Morgan fingerprint density at radius 3 is 2.00 bits per heavy atom. The van der Waals surface area contributed by atoms with Gasteiger partial charge in [0.15, 0.2) is 0 Å². The van der Waals surface area contributed by atoms with E-state index in [2.05, 4.69) is 34.3 Å². The first-order valence-corrected chi connectivity index (χ1v) is 11.3. The summed E-state index contributed by atoms with van der Waals surface area (Å²) in [5.41, 5.74) is 2.00. The molecule has 2 aliphatic rings. The van der Waals surface area contributed by atoms with Crippen LogP contribution in [0.1, 0.15) is 53.4 Å². The fourth-order valence-corrected chi connectivity index (χ4v) is 7.40. The van der Waals surface area contributed by atoms with Gasteiger partial charge in [-0.15, -0.1) is 6.58 Å². The molecule has 0 N–H and O–H groups in total. The van der Waals surface area contributed by atoms with Crippen LogP contribution >= 0.6 is 0 Å². The molecule has 0 atom stereocenters. The van der Waals surface area contributed by atoms with Crippen LogP contribution in [-0.4, -0.2) is 45.0 Å². The van der Waals surface area contributed by atoms with Crippen molar-refractivity contribution in [3.63, 3.8) is 0 Å². The van der Waals surface area contributed by atoms with E-state index in [1.165, 1.54) is 4.90 Å². The fraction of sp³-hybridized carbons (Fsp3) is 0.684. The average Bonchev–Trinajstić information content (AvgIpc) is 2.82. The first kappa shape index (κ1) is 20.1. The van der Waals surface area contributed by atoms with Crippen molar-refractivity contribution in [1.29, 1.82) is 0 Å². The van der Waals surface area contributed by atoms with Gasteiger partial charge in [0.1, 0.15) is 0 Å². The van der Waals surface area contributed by atoms with Crippen LogP contribution in [0, 0.1) is 0 Å². The number of carbonyl (C=O) groups excluding carboxylic acids is 2. The van der Waals surface area contributed by atoms with Crippen molar-refractivity contribution >= 4 is 20.4 Å². The van der Waals surface area contributed by atoms with Crippen LogP contribution in [0.25, 0.3) is 0 Å². The van der Waals surface area contributed by atoms with Gasteiger partial charge in [0.05, 0.1) is 19.8 Å². The molecule has 1 heterocycles. The van der Waals surface area contributed by atoms with E-state index in [1.807, 2.05) is 0 Å². The van der Waals surface area contributed by atoms with Crippen LogP contribution in [0.2, 0.25) is 11.1 Å². The molecule has 0 saturated carbocycles. The Morgan fingerprint density at radius 2 is 1.56 bits per heavy atom. The minimum Gasteiger partial charge on any atom is -0.392 e. The van der Waals surface area contributed by atoms with Crippen LogP contribution < -0.4 is 0 Å². The zero-order valence-electron chi connectivity index (χ0n) is 16.0. The maximum atomic E-state index is 12.5. The number of nitrogens with zero attached hydrogens (tertiary/aromatic N) is 1. The lowest BCUT2D eigenvalue weighted by Crippen LogP contribution is -2.50. The van der Waals surface area contributed by atoms with Crippen LogP contribution in [0.5, 0.6) is 0 Å². The summed E-state index contributed by atoms with van der Waals surface area (Å²) >= 11 is 0. The quantitative estimate of drug-likeness (QED) is 0.355. The first-order chi connectivity index (χ1) is 11.8. The Hall–Kier alpha value is -1.24. The molecule has 0 aromatic heterocycles. The molecule has 0 unspecified atom stereocenters. The summed E-state index contributed by atoms with van der Waals surface area (Å²) in [6.45, 7) is 13.3. The number of carbonyl (C=O) groups is 2. The van der Waals surface area contributed by atoms with Crippen molar-refractivity contribution < 1.29 is 18.4 Å². The van der Waals surface area contributed by atoms with Crippen LogP contribution in [0.15, 0.2) is 23.8 Å². The van der Waals surface area contributed by atoms with Gasteiger partial charge < -0.3 is 8.85 Å². The van der Waals surface area contributed by atoms with Gasteiger partial charge in [-0.25, -0.2) is 0 Å². The van der Waals surface area contributed by atoms with E-state index in [9.17, 15) is 9.59 Å². The lowest BCUT2D eigenvalue weighted by atomic mass is 9.93. The molecular formula is C19H31NO4Si. The highest BCUT2D eigenvalue weighted by Gasteiger charge is 2.45. The zero-order chi connectivity index (χ0) is 18.6. The summed E-state index contributed by atoms with van der Waals surface area (Å²) in [6.07, 6.45) is 5.19. The van der Waals surface area contributed by atoms with Gasteiger partial charge in [-0.05, 0) is 36.8 Å². The summed E-state index contributed by atoms with van der Waals surface area (Å²) < 4.78 is 12.4. The summed E-state index contributed by atoms with van der Waals surface area (Å²) in [7, 11) is -2.46. The van der Waals surface area contributed by atoms with Gasteiger partial charge in [-0.2, -0.15) is 0 Å². The Morgan fingerprint density at radius 1 is 1.04 bits per heavy atom. The van der Waals surface area contributed by atoms with Crippen molar-refractivity contribution in [3.05, 3.63) is 23.8 Å². The van der Waals surface area contributed by atoms with Gasteiger partial charge in [-0.1, -0.05) is 33.8 Å². The monoisotopic (exact) mass is 365 g/mol. The number of hydrogen-bond acceptors (Lipinski definition) is 4. The largest absolute Gasteiger partial charge is 0.392 e. The number of rotatable bonds is 9. The SMILES string of the molecule is C=CCO[Si](OCCN1C(=O)C2=C(CCCC2)C1=O)(C(C)C)C(C)C. The van der Waals surface area contributed by atoms with Crippen molar-refractivity contribution in [2.45, 2.75) is 64.5 Å². The molecule has 0 spiro atoms. The highest BCUT2D eigenvalue weighted by atomic mass is 28.4. The third-order valence-electron chi connectivity index (χ3n) is 5.15. The summed E-state index contributed by atoms with van der Waals surface area (Å²) in [6, 6.07) is 0. The molecule has 1 aliphatic heterocycles. The van der Waals surface area contributed by atoms with Gasteiger partial charge in [0, 0.05) is 11.1 Å². The molecule has 2 rings (SSSR count). The van der Waals surface area contributed by atoms with Crippen LogP contribution in [0.4, 0.5) is 0 Å². The predicted molar refractivity (Wildman–Crippen MR) is 100 cm³/mol. The number of imide groups is 1. The lowest BCUT2D eigenvalue weighted by Gasteiger charge is -2.37. The summed E-state index contributed by atoms with van der Waals surface area (Å²) in [4.78, 5) is 26.4. The maximum absolute atomic E-state index is 12.5. The molecule has 0 radical (unpaired) electrons. The predicted octanol–water partition coefficient (Wildman–Crippen LogP) is 3.71. The summed E-state index contributed by atoms with van der Waals surface area (Å²) in [5, 5.41) is 0. The van der Waals surface area contributed by atoms with Gasteiger partial charge in [-0.3, -0.25) is 14.5 Å². The van der Waals surface area contributed by atoms with E-state index in [1.54, 1.807) is 6.08 Å². The minimum absolute atomic E-state index is 0.114. The molecular weight excluding hydrogens is 334 g/mol. The second-order valence-electron chi connectivity index (χ2n) is 7.41. The zero-order valence-corrected chi connectivity index (χ0v) is 17.0. The smallest absolute Gasteiger partial charge is 0.343 e. The molecule has 5 nitrogen and oxygen atoms in total. The Kier molecular flexibility index (Phi) is 6.77. The Bertz CT molecular complexity index is 532. The molecule has 1 aliphatic carbocycles. The topological polar surface area (TPSA) is 55.8 Å². The maximum Gasteiger partial charge on any atom is 0.343 e. The van der Waals surface area contributed by atoms with Crippen molar-refractivity contribution in [1.82, 2.24) is 4.90 Å². The number of hydrogen-bond donors (Lipinski definition) is 0. The van der Waals surface area contributed by atoms with E-state index in [0.29, 0.717) is 19.8 Å². The average molecular weight is 366 g/mol. The highest BCUT2D eigenvalue weighted by molar-refractivity contribution is 6.70. The minimum atomic E-state index is -2.46. The normalized spacial score (nSPS) is 18.6. The van der Waals surface area contributed by atoms with Crippen molar-refractivity contribution in [3.8, 4) is 0 Å². The third kappa shape index (κ3) is 3.96. The molecule has 140 valence electrons. The molecule has 0 saturated heterocycles. The van der Waals surface area contributed by atoms with Crippen LogP contribution in [0.3, 0.4) is 0 Å². The number of amides is 2. The standard InChI is InChI=1S/C19H31NO4Si/c1-6-12-23-25(14(2)3,15(4)5)24-13-11-20-18(21)16-9-7-8-10-17(16)19(20)22/h6,14-15H,1,7-13H2,2-5H3. The van der Waals surface area contributed by atoms with E-state index in [-0.39, 0.29) is 22.9 Å². The lowest BCUT2D eigenvalue weighted by molar-refractivity contribution is -0.138. The molecule has 6 heteroatoms. The van der Waals surface area contributed by atoms with Crippen molar-refractivity contribution in [2.24, 2.45) is 0 Å². The van der Waals surface area contributed by atoms with E-state index in [0.717, 1.165) is 36.8 Å². The van der Waals surface area contributed by atoms with Crippen LogP contribution in [-0.2, 0) is 18.4 Å². The van der Waals surface area contributed by atoms with E-state index >= 15 is 0 Å². The van der Waals surface area contributed by atoms with Gasteiger partial charge in [0.25, 0.3) is 11.8 Å². The van der Waals surface area contributed by atoms with Gasteiger partial charge >= 0.3 is 8.56 Å². The second kappa shape index (κ2) is 8.43. The summed E-state index contributed by atoms with van der Waals surface area (Å²) in [5.74, 6) is -0.228. The molecule has 25 heavy (non-hydrogen) atoms. The molecule has 0 bridgehead atoms. The molecule has 0 aromatic carbocycles. The highest BCUT2D eigenvalue weighted by Crippen LogP contribution is 2.35. The van der Waals surface area contributed by atoms with Gasteiger partial charge in [0.2, 0.25) is 0 Å². The Labute approximate surface area is 152 Å². The third-order valence-corrected chi connectivity index (χ3v) is 9.65. The van der Waals surface area contributed by atoms with E-state index < -0.39 is 8.56 Å². The molecule has 0 aromatic rings. The molecule has 0 fully saturated rings. The van der Waals surface area contributed by atoms with E-state index in [4.69, 9.17) is 8.85 Å².